The minimum atomic E-state index is 0.0608. The number of likely N-dealkylation sites (tertiary alicyclic amines) is 1. The molecule has 0 radical (unpaired) electrons. The van der Waals surface area contributed by atoms with E-state index in [2.05, 4.69) is 30.3 Å². The molecular formula is C22H30N2O2. The summed E-state index contributed by atoms with van der Waals surface area (Å²) in [4.78, 5) is 2.83. The highest BCUT2D eigenvalue weighted by molar-refractivity contribution is 5.61. The number of nitrogens with zero attached hydrogens (tertiary/aromatic N) is 1. The van der Waals surface area contributed by atoms with Gasteiger partial charge < -0.3 is 15.2 Å². The number of rotatable bonds is 3. The van der Waals surface area contributed by atoms with E-state index in [4.69, 9.17) is 4.74 Å². The summed E-state index contributed by atoms with van der Waals surface area (Å²) in [5.74, 6) is 2.08. The molecule has 140 valence electrons. The molecule has 1 spiro atoms. The van der Waals surface area contributed by atoms with Crippen molar-refractivity contribution in [3.8, 4) is 11.5 Å². The van der Waals surface area contributed by atoms with E-state index in [0.717, 1.165) is 24.5 Å². The van der Waals surface area contributed by atoms with E-state index in [9.17, 15) is 5.11 Å². The molecule has 0 aromatic heterocycles. The van der Waals surface area contributed by atoms with Crippen molar-refractivity contribution < 1.29 is 9.84 Å². The number of hydrogen-bond donors (Lipinski definition) is 2. The summed E-state index contributed by atoms with van der Waals surface area (Å²) in [5, 5.41) is 14.1. The lowest BCUT2D eigenvalue weighted by molar-refractivity contribution is -0.124. The summed E-state index contributed by atoms with van der Waals surface area (Å²) in [6, 6.07) is 5.03. The van der Waals surface area contributed by atoms with Crippen molar-refractivity contribution in [1.29, 1.82) is 0 Å². The molecule has 1 aromatic carbocycles. The van der Waals surface area contributed by atoms with Crippen molar-refractivity contribution in [2.45, 2.75) is 69.1 Å². The van der Waals surface area contributed by atoms with Crippen LogP contribution in [0.5, 0.6) is 11.5 Å². The average Bonchev–Trinajstić information content (AvgIpc) is 3.37. The predicted octanol–water partition coefficient (Wildman–Crippen LogP) is 2.82. The number of benzene rings is 1. The number of hydrogen-bond acceptors (Lipinski definition) is 4. The molecule has 3 fully saturated rings. The van der Waals surface area contributed by atoms with Gasteiger partial charge in [0, 0.05) is 29.6 Å². The maximum atomic E-state index is 10.6. The molecule has 3 aliphatic carbocycles. The highest BCUT2D eigenvalue weighted by atomic mass is 16.5. The van der Waals surface area contributed by atoms with Crippen LogP contribution >= 0.6 is 0 Å². The van der Waals surface area contributed by atoms with Crippen LogP contribution in [0.25, 0.3) is 0 Å². The van der Waals surface area contributed by atoms with E-state index in [-0.39, 0.29) is 16.9 Å². The Hall–Kier alpha value is -1.26. The zero-order chi connectivity index (χ0) is 17.7. The molecule has 5 atom stereocenters. The fourth-order valence-electron chi connectivity index (χ4n) is 7.23. The van der Waals surface area contributed by atoms with Crippen LogP contribution in [0.2, 0.25) is 0 Å². The summed E-state index contributed by atoms with van der Waals surface area (Å²) < 4.78 is 6.58. The highest BCUT2D eigenvalue weighted by Gasteiger charge is 2.71. The third-order valence-corrected chi connectivity index (χ3v) is 8.70. The van der Waals surface area contributed by atoms with Crippen LogP contribution in [0.1, 0.15) is 50.2 Å². The first-order valence-electron chi connectivity index (χ1n) is 10.5. The molecule has 0 unspecified atom stereocenters. The predicted molar refractivity (Wildman–Crippen MR) is 101 cm³/mol. The second-order valence-electron chi connectivity index (χ2n) is 9.72. The van der Waals surface area contributed by atoms with Crippen LogP contribution in [0.15, 0.2) is 12.1 Å². The van der Waals surface area contributed by atoms with Gasteiger partial charge in [-0.3, -0.25) is 4.90 Å². The molecule has 2 aliphatic heterocycles. The van der Waals surface area contributed by atoms with Crippen molar-refractivity contribution in [1.82, 2.24) is 10.2 Å². The number of phenolic OH excluding ortho intramolecular Hbond substituents is 1. The van der Waals surface area contributed by atoms with E-state index in [0.29, 0.717) is 17.8 Å². The zero-order valence-electron chi connectivity index (χ0n) is 15.9. The highest BCUT2D eigenvalue weighted by Crippen LogP contribution is 2.69. The van der Waals surface area contributed by atoms with Crippen LogP contribution < -0.4 is 10.1 Å². The van der Waals surface area contributed by atoms with Crippen LogP contribution in [-0.4, -0.2) is 48.3 Å². The van der Waals surface area contributed by atoms with Gasteiger partial charge in [-0.15, -0.1) is 0 Å². The Morgan fingerprint density at radius 3 is 2.88 bits per heavy atom. The third-order valence-electron chi connectivity index (χ3n) is 8.70. The molecule has 6 rings (SSSR count). The lowest BCUT2D eigenvalue weighted by atomic mass is 9.43. The van der Waals surface area contributed by atoms with Crippen molar-refractivity contribution in [2.24, 2.45) is 11.3 Å². The molecule has 2 saturated carbocycles. The Bertz CT molecular complexity index is 776. The Labute approximate surface area is 155 Å². The zero-order valence-corrected chi connectivity index (χ0v) is 15.9. The van der Waals surface area contributed by atoms with Crippen LogP contribution in [-0.2, 0) is 11.8 Å². The molecule has 2 bridgehead atoms. The fraction of sp³-hybridized carbons (Fsp3) is 0.727. The number of aromatic hydroxyl groups is 1. The third kappa shape index (κ3) is 1.69. The number of nitrogens with one attached hydrogen (secondary N) is 1. The number of phenols is 1. The monoisotopic (exact) mass is 354 g/mol. The van der Waals surface area contributed by atoms with E-state index in [1.807, 2.05) is 6.07 Å². The Morgan fingerprint density at radius 1 is 1.27 bits per heavy atom. The second kappa shape index (κ2) is 4.96. The second-order valence-corrected chi connectivity index (χ2v) is 9.72. The van der Waals surface area contributed by atoms with Gasteiger partial charge >= 0.3 is 0 Å². The lowest BCUT2D eigenvalue weighted by Gasteiger charge is -2.65. The smallest absolute Gasteiger partial charge is 0.165 e. The summed E-state index contributed by atoms with van der Waals surface area (Å²) in [7, 11) is 2.07. The van der Waals surface area contributed by atoms with Crippen LogP contribution in [0.3, 0.4) is 0 Å². The molecule has 2 heterocycles. The SMILES string of the molecule is CN[C@H]1CC[C@@]2(C)[C@H]3Cc4ccc(O)c5c4[C@@]2(CCN3CC2CC2)[C@H]1O5. The molecule has 4 nitrogen and oxygen atoms in total. The van der Waals surface area contributed by atoms with Gasteiger partial charge in [-0.25, -0.2) is 0 Å². The van der Waals surface area contributed by atoms with Crippen molar-refractivity contribution >= 4 is 0 Å². The Kier molecular flexibility index (Phi) is 3.01. The van der Waals surface area contributed by atoms with Gasteiger partial charge in [0.05, 0.1) is 0 Å². The normalized spacial score (nSPS) is 43.1. The summed E-state index contributed by atoms with van der Waals surface area (Å²) in [6.07, 6.45) is 7.70. The molecule has 4 heteroatoms. The number of likely N-dealkylation sites (N-methyl/N-ethyl adjacent to an activating group) is 1. The Morgan fingerprint density at radius 2 is 2.12 bits per heavy atom. The van der Waals surface area contributed by atoms with Gasteiger partial charge in [-0.1, -0.05) is 13.0 Å². The molecule has 1 aromatic rings. The topological polar surface area (TPSA) is 44.7 Å². The first kappa shape index (κ1) is 15.8. The van der Waals surface area contributed by atoms with E-state index < -0.39 is 0 Å². The quantitative estimate of drug-likeness (QED) is 0.876. The lowest BCUT2D eigenvalue weighted by Crippen LogP contribution is -2.73. The molecule has 1 saturated heterocycles. The van der Waals surface area contributed by atoms with E-state index in [1.165, 1.54) is 49.9 Å². The minimum Gasteiger partial charge on any atom is -0.504 e. The van der Waals surface area contributed by atoms with Crippen LogP contribution in [0, 0.1) is 11.3 Å². The summed E-state index contributed by atoms with van der Waals surface area (Å²) >= 11 is 0. The van der Waals surface area contributed by atoms with Crippen molar-refractivity contribution in [3.05, 3.63) is 23.3 Å². The van der Waals surface area contributed by atoms with Crippen LogP contribution in [0.4, 0.5) is 0 Å². The van der Waals surface area contributed by atoms with Gasteiger partial charge in [0.2, 0.25) is 0 Å². The number of ether oxygens (including phenoxy) is 1. The van der Waals surface area contributed by atoms with Gasteiger partial charge in [0.15, 0.2) is 11.5 Å². The summed E-state index contributed by atoms with van der Waals surface area (Å²) in [5.41, 5.74) is 3.10. The first-order valence-corrected chi connectivity index (χ1v) is 10.5. The molecule has 2 N–H and O–H groups in total. The maximum absolute atomic E-state index is 10.6. The van der Waals surface area contributed by atoms with Gasteiger partial charge in [-0.05, 0) is 75.1 Å². The van der Waals surface area contributed by atoms with Crippen molar-refractivity contribution in [2.75, 3.05) is 20.1 Å². The molecule has 26 heavy (non-hydrogen) atoms. The van der Waals surface area contributed by atoms with E-state index in [1.54, 1.807) is 0 Å². The van der Waals surface area contributed by atoms with E-state index >= 15 is 0 Å². The Balaban J connectivity index is 1.55. The molecule has 5 aliphatic rings. The maximum Gasteiger partial charge on any atom is 0.165 e. The largest absolute Gasteiger partial charge is 0.504 e. The average molecular weight is 354 g/mol. The van der Waals surface area contributed by atoms with Gasteiger partial charge in [-0.2, -0.15) is 0 Å². The standard InChI is InChI=1S/C22H30N2O2/c1-21-8-7-15(23-2)20-22(21)9-10-24(12-13-3-4-13)17(21)11-14-5-6-16(25)19(26-20)18(14)22/h5-6,13,15,17,20,23,25H,3-4,7-12H2,1-2H3/t15-,17+,20-,21-,22-/m0/s1. The van der Waals surface area contributed by atoms with Gasteiger partial charge in [0.1, 0.15) is 6.10 Å². The minimum absolute atomic E-state index is 0.0608. The van der Waals surface area contributed by atoms with Crippen molar-refractivity contribution in [3.63, 3.8) is 0 Å². The molecule has 0 amide bonds. The summed E-state index contributed by atoms with van der Waals surface area (Å²) in [6.45, 7) is 5.01. The molecular weight excluding hydrogens is 324 g/mol. The number of piperidine rings is 1. The van der Waals surface area contributed by atoms with Gasteiger partial charge in [0.25, 0.3) is 0 Å². The first-order chi connectivity index (χ1) is 12.6. The fourth-order valence-corrected chi connectivity index (χ4v) is 7.23.